The van der Waals surface area contributed by atoms with Gasteiger partial charge < -0.3 is 14.8 Å². The number of pyridine rings is 1. The van der Waals surface area contributed by atoms with Gasteiger partial charge in [-0.25, -0.2) is 4.98 Å². The van der Waals surface area contributed by atoms with Crippen molar-refractivity contribution in [2.24, 2.45) is 0 Å². The molecule has 4 nitrogen and oxygen atoms in total. The Labute approximate surface area is 112 Å². The highest BCUT2D eigenvalue weighted by Crippen LogP contribution is 2.25. The van der Waals surface area contributed by atoms with Crippen LogP contribution in [0.4, 0.5) is 5.82 Å². The summed E-state index contributed by atoms with van der Waals surface area (Å²) in [6.07, 6.45) is 1.82. The van der Waals surface area contributed by atoms with Crippen LogP contribution < -0.4 is 10.1 Å². The SMILES string of the molecule is COc1ccc(CNc2nccc3c2COC3)cc1. The Bertz CT molecular complexity index is 567. The third-order valence-electron chi connectivity index (χ3n) is 3.28. The number of methoxy groups -OCH3 is 1. The van der Waals surface area contributed by atoms with Gasteiger partial charge in [-0.1, -0.05) is 12.1 Å². The lowest BCUT2D eigenvalue weighted by molar-refractivity contribution is 0.134. The standard InChI is InChI=1S/C15H16N2O2/c1-18-13-4-2-11(3-5-13)8-17-15-14-10-19-9-12(14)6-7-16-15/h2-7H,8-10H2,1H3,(H,16,17). The number of anilines is 1. The van der Waals surface area contributed by atoms with E-state index in [-0.39, 0.29) is 0 Å². The molecule has 3 rings (SSSR count). The largest absolute Gasteiger partial charge is 0.497 e. The minimum atomic E-state index is 0.647. The van der Waals surface area contributed by atoms with Crippen molar-refractivity contribution < 1.29 is 9.47 Å². The highest BCUT2D eigenvalue weighted by molar-refractivity contribution is 5.49. The van der Waals surface area contributed by atoms with Crippen molar-refractivity contribution in [3.8, 4) is 5.75 Å². The molecule has 1 aliphatic rings. The van der Waals surface area contributed by atoms with Gasteiger partial charge in [-0.3, -0.25) is 0 Å². The Kier molecular flexibility index (Phi) is 3.33. The molecule has 1 aromatic carbocycles. The molecule has 0 aliphatic carbocycles. The molecule has 0 atom stereocenters. The van der Waals surface area contributed by atoms with Gasteiger partial charge in [0, 0.05) is 18.3 Å². The average Bonchev–Trinajstić information content (AvgIpc) is 2.94. The van der Waals surface area contributed by atoms with Crippen LogP contribution in [0.15, 0.2) is 36.5 Å². The highest BCUT2D eigenvalue weighted by atomic mass is 16.5. The molecule has 19 heavy (non-hydrogen) atoms. The smallest absolute Gasteiger partial charge is 0.132 e. The lowest BCUT2D eigenvalue weighted by atomic mass is 10.1. The van der Waals surface area contributed by atoms with Crippen molar-refractivity contribution in [2.45, 2.75) is 19.8 Å². The van der Waals surface area contributed by atoms with Gasteiger partial charge in [0.05, 0.1) is 20.3 Å². The van der Waals surface area contributed by atoms with Crippen molar-refractivity contribution in [1.82, 2.24) is 4.98 Å². The van der Waals surface area contributed by atoms with E-state index < -0.39 is 0 Å². The first kappa shape index (κ1) is 12.0. The Morgan fingerprint density at radius 3 is 2.84 bits per heavy atom. The first-order valence-electron chi connectivity index (χ1n) is 6.28. The molecule has 2 aromatic rings. The maximum atomic E-state index is 5.44. The Hall–Kier alpha value is -2.07. The lowest BCUT2D eigenvalue weighted by Gasteiger charge is -2.09. The summed E-state index contributed by atoms with van der Waals surface area (Å²) in [4.78, 5) is 4.38. The minimum absolute atomic E-state index is 0.647. The van der Waals surface area contributed by atoms with Gasteiger partial charge in [0.25, 0.3) is 0 Å². The van der Waals surface area contributed by atoms with E-state index in [1.54, 1.807) is 7.11 Å². The van der Waals surface area contributed by atoms with Gasteiger partial charge in [-0.05, 0) is 29.3 Å². The number of ether oxygens (including phenoxy) is 2. The summed E-state index contributed by atoms with van der Waals surface area (Å²) in [6.45, 7) is 2.08. The zero-order chi connectivity index (χ0) is 13.1. The second-order valence-corrected chi connectivity index (χ2v) is 4.49. The van der Waals surface area contributed by atoms with Crippen molar-refractivity contribution in [3.05, 3.63) is 53.2 Å². The summed E-state index contributed by atoms with van der Waals surface area (Å²) >= 11 is 0. The van der Waals surface area contributed by atoms with Crippen LogP contribution in [0.3, 0.4) is 0 Å². The second-order valence-electron chi connectivity index (χ2n) is 4.49. The maximum absolute atomic E-state index is 5.44. The van der Waals surface area contributed by atoms with E-state index in [4.69, 9.17) is 9.47 Å². The summed E-state index contributed by atoms with van der Waals surface area (Å²) in [5, 5.41) is 3.37. The van der Waals surface area contributed by atoms with Gasteiger partial charge in [0.2, 0.25) is 0 Å². The van der Waals surface area contributed by atoms with E-state index in [0.29, 0.717) is 13.2 Å². The number of hydrogen-bond acceptors (Lipinski definition) is 4. The van der Waals surface area contributed by atoms with E-state index in [0.717, 1.165) is 18.1 Å². The van der Waals surface area contributed by atoms with Gasteiger partial charge >= 0.3 is 0 Å². The van der Waals surface area contributed by atoms with E-state index >= 15 is 0 Å². The third kappa shape index (κ3) is 2.53. The first-order valence-corrected chi connectivity index (χ1v) is 6.28. The fraction of sp³-hybridized carbons (Fsp3) is 0.267. The van der Waals surface area contributed by atoms with Crippen LogP contribution in [-0.2, 0) is 24.5 Å². The maximum Gasteiger partial charge on any atom is 0.132 e. The van der Waals surface area contributed by atoms with E-state index in [9.17, 15) is 0 Å². The molecule has 1 N–H and O–H groups in total. The molecule has 0 amide bonds. The van der Waals surface area contributed by atoms with Crippen molar-refractivity contribution in [1.29, 1.82) is 0 Å². The molecule has 0 unspecified atom stereocenters. The predicted molar refractivity (Wildman–Crippen MR) is 73.1 cm³/mol. The molecule has 1 aromatic heterocycles. The van der Waals surface area contributed by atoms with Crippen molar-refractivity contribution in [2.75, 3.05) is 12.4 Å². The van der Waals surface area contributed by atoms with Crippen LogP contribution in [0, 0.1) is 0 Å². The quantitative estimate of drug-likeness (QED) is 0.913. The van der Waals surface area contributed by atoms with Crippen LogP contribution in [0.5, 0.6) is 5.75 Å². The van der Waals surface area contributed by atoms with Crippen LogP contribution in [-0.4, -0.2) is 12.1 Å². The van der Waals surface area contributed by atoms with Gasteiger partial charge in [0.15, 0.2) is 0 Å². The molecule has 2 heterocycles. The predicted octanol–water partition coefficient (Wildman–Crippen LogP) is 2.73. The number of rotatable bonds is 4. The number of nitrogens with one attached hydrogen (secondary N) is 1. The number of fused-ring (bicyclic) bond motifs is 1. The zero-order valence-corrected chi connectivity index (χ0v) is 10.8. The number of benzene rings is 1. The van der Waals surface area contributed by atoms with E-state index in [2.05, 4.69) is 10.3 Å². The Balaban J connectivity index is 1.70. The monoisotopic (exact) mass is 256 g/mol. The topological polar surface area (TPSA) is 43.4 Å². The zero-order valence-electron chi connectivity index (χ0n) is 10.8. The van der Waals surface area contributed by atoms with Gasteiger partial charge in [0.1, 0.15) is 11.6 Å². The molecule has 0 bridgehead atoms. The van der Waals surface area contributed by atoms with E-state index in [1.807, 2.05) is 36.5 Å². The molecule has 4 heteroatoms. The minimum Gasteiger partial charge on any atom is -0.497 e. The fourth-order valence-corrected chi connectivity index (χ4v) is 2.17. The molecule has 0 radical (unpaired) electrons. The molecule has 0 saturated carbocycles. The van der Waals surface area contributed by atoms with Crippen molar-refractivity contribution >= 4 is 5.82 Å². The van der Waals surface area contributed by atoms with Crippen LogP contribution >= 0.6 is 0 Å². The average molecular weight is 256 g/mol. The van der Waals surface area contributed by atoms with Gasteiger partial charge in [-0.2, -0.15) is 0 Å². The van der Waals surface area contributed by atoms with Crippen LogP contribution in [0.1, 0.15) is 16.7 Å². The lowest BCUT2D eigenvalue weighted by Crippen LogP contribution is -2.04. The normalized spacial score (nSPS) is 13.1. The highest BCUT2D eigenvalue weighted by Gasteiger charge is 2.15. The molecule has 1 aliphatic heterocycles. The van der Waals surface area contributed by atoms with Crippen LogP contribution in [0.2, 0.25) is 0 Å². The molecule has 0 spiro atoms. The fourth-order valence-electron chi connectivity index (χ4n) is 2.17. The third-order valence-corrected chi connectivity index (χ3v) is 3.28. The summed E-state index contributed by atoms with van der Waals surface area (Å²) in [5.41, 5.74) is 3.60. The molecule has 0 saturated heterocycles. The molecule has 0 fully saturated rings. The number of nitrogens with zero attached hydrogens (tertiary/aromatic N) is 1. The number of hydrogen-bond donors (Lipinski definition) is 1. The Morgan fingerprint density at radius 1 is 1.21 bits per heavy atom. The molecule has 98 valence electrons. The summed E-state index contributed by atoms with van der Waals surface area (Å²) in [7, 11) is 1.67. The van der Waals surface area contributed by atoms with Crippen molar-refractivity contribution in [3.63, 3.8) is 0 Å². The first-order chi connectivity index (χ1) is 9.36. The second kappa shape index (κ2) is 5.28. The number of aromatic nitrogens is 1. The molecular weight excluding hydrogens is 240 g/mol. The summed E-state index contributed by atoms with van der Waals surface area (Å²) in [5.74, 6) is 1.79. The van der Waals surface area contributed by atoms with Crippen LogP contribution in [0.25, 0.3) is 0 Å². The summed E-state index contributed by atoms with van der Waals surface area (Å²) in [6, 6.07) is 10.0. The van der Waals surface area contributed by atoms with Gasteiger partial charge in [-0.15, -0.1) is 0 Å². The summed E-state index contributed by atoms with van der Waals surface area (Å²) < 4.78 is 10.6. The van der Waals surface area contributed by atoms with E-state index in [1.165, 1.54) is 16.7 Å². The Morgan fingerprint density at radius 2 is 2.05 bits per heavy atom. The molecular formula is C15H16N2O2.